The van der Waals surface area contributed by atoms with E-state index in [-0.39, 0.29) is 11.9 Å². The van der Waals surface area contributed by atoms with Crippen LogP contribution >= 0.6 is 0 Å². The van der Waals surface area contributed by atoms with Gasteiger partial charge in [0.05, 0.1) is 12.1 Å². The van der Waals surface area contributed by atoms with Crippen LogP contribution < -0.4 is 10.6 Å². The summed E-state index contributed by atoms with van der Waals surface area (Å²) in [5.41, 5.74) is 0. The molecular weight excluding hydrogens is 252 g/mol. The van der Waals surface area contributed by atoms with E-state index in [0.29, 0.717) is 12.0 Å². The van der Waals surface area contributed by atoms with Gasteiger partial charge in [-0.15, -0.1) is 0 Å². The Hall–Kier alpha value is -0.610. The largest absolute Gasteiger partial charge is 0.378 e. The monoisotopic (exact) mass is 282 g/mol. The van der Waals surface area contributed by atoms with Crippen molar-refractivity contribution in [2.75, 3.05) is 19.7 Å². The molecule has 0 spiro atoms. The Morgan fingerprint density at radius 3 is 2.75 bits per heavy atom. The third kappa shape index (κ3) is 5.06. The standard InChI is InChI=1S/C16H30N2O2/c1-13-7-5-10-17-15(13)16(19)18-11-6-12-20-14-8-3-2-4-9-14/h13-15,17H,2-12H2,1H3,(H,18,19). The van der Waals surface area contributed by atoms with Crippen molar-refractivity contribution < 1.29 is 9.53 Å². The smallest absolute Gasteiger partial charge is 0.237 e. The summed E-state index contributed by atoms with van der Waals surface area (Å²) < 4.78 is 5.86. The topological polar surface area (TPSA) is 50.4 Å². The van der Waals surface area contributed by atoms with Crippen LogP contribution in [0.5, 0.6) is 0 Å². The minimum Gasteiger partial charge on any atom is -0.378 e. The zero-order chi connectivity index (χ0) is 14.2. The molecule has 1 saturated carbocycles. The molecular formula is C16H30N2O2. The molecule has 0 aromatic carbocycles. The maximum Gasteiger partial charge on any atom is 0.237 e. The molecule has 0 bridgehead atoms. The van der Waals surface area contributed by atoms with Crippen LogP contribution in [0.2, 0.25) is 0 Å². The van der Waals surface area contributed by atoms with Crippen LogP contribution in [0.3, 0.4) is 0 Å². The van der Waals surface area contributed by atoms with Gasteiger partial charge in [-0.25, -0.2) is 0 Å². The van der Waals surface area contributed by atoms with E-state index in [9.17, 15) is 4.79 Å². The van der Waals surface area contributed by atoms with Gasteiger partial charge in [-0.3, -0.25) is 4.79 Å². The molecule has 2 N–H and O–H groups in total. The molecule has 2 atom stereocenters. The van der Waals surface area contributed by atoms with Crippen molar-refractivity contribution in [1.29, 1.82) is 0 Å². The molecule has 1 aliphatic heterocycles. The number of carbonyl (C=O) groups excluding carboxylic acids is 1. The highest BCUT2D eigenvalue weighted by Gasteiger charge is 2.26. The predicted molar refractivity (Wildman–Crippen MR) is 80.6 cm³/mol. The van der Waals surface area contributed by atoms with Gasteiger partial charge in [0.1, 0.15) is 0 Å². The molecule has 4 heteroatoms. The van der Waals surface area contributed by atoms with Crippen molar-refractivity contribution >= 4 is 5.91 Å². The van der Waals surface area contributed by atoms with E-state index in [1.165, 1.54) is 38.5 Å². The Bertz CT molecular complexity index is 290. The summed E-state index contributed by atoms with van der Waals surface area (Å²) in [4.78, 5) is 12.1. The SMILES string of the molecule is CC1CCCNC1C(=O)NCCCOC1CCCCC1. The van der Waals surface area contributed by atoms with Gasteiger partial charge in [0.25, 0.3) is 0 Å². The fourth-order valence-corrected chi connectivity index (χ4v) is 3.28. The summed E-state index contributed by atoms with van der Waals surface area (Å²) >= 11 is 0. The lowest BCUT2D eigenvalue weighted by Crippen LogP contribution is -2.51. The number of carbonyl (C=O) groups is 1. The fourth-order valence-electron chi connectivity index (χ4n) is 3.28. The molecule has 2 unspecified atom stereocenters. The van der Waals surface area contributed by atoms with Crippen molar-refractivity contribution in [1.82, 2.24) is 10.6 Å². The predicted octanol–water partition coefficient (Wildman–Crippen LogP) is 2.23. The fraction of sp³-hybridized carbons (Fsp3) is 0.938. The molecule has 1 aliphatic carbocycles. The van der Waals surface area contributed by atoms with Crippen molar-refractivity contribution in [3.05, 3.63) is 0 Å². The summed E-state index contributed by atoms with van der Waals surface area (Å²) in [6.45, 7) is 4.63. The number of piperidine rings is 1. The number of nitrogens with one attached hydrogen (secondary N) is 2. The number of hydrogen-bond acceptors (Lipinski definition) is 3. The highest BCUT2D eigenvalue weighted by Crippen LogP contribution is 2.20. The van der Waals surface area contributed by atoms with Crippen molar-refractivity contribution in [2.24, 2.45) is 5.92 Å². The minimum absolute atomic E-state index is 0.00279. The van der Waals surface area contributed by atoms with E-state index >= 15 is 0 Å². The first-order valence-electron chi connectivity index (χ1n) is 8.40. The van der Waals surface area contributed by atoms with Crippen molar-refractivity contribution in [2.45, 2.75) is 70.4 Å². The summed E-state index contributed by atoms with van der Waals surface area (Å²) in [7, 11) is 0. The normalized spacial score (nSPS) is 28.2. The van der Waals surface area contributed by atoms with Crippen molar-refractivity contribution in [3.63, 3.8) is 0 Å². The van der Waals surface area contributed by atoms with E-state index in [0.717, 1.165) is 32.5 Å². The third-order valence-electron chi connectivity index (χ3n) is 4.58. The Morgan fingerprint density at radius 2 is 2.00 bits per heavy atom. The average molecular weight is 282 g/mol. The highest BCUT2D eigenvalue weighted by molar-refractivity contribution is 5.82. The Labute approximate surface area is 123 Å². The second-order valence-electron chi connectivity index (χ2n) is 6.33. The lowest BCUT2D eigenvalue weighted by Gasteiger charge is -2.29. The van der Waals surface area contributed by atoms with Crippen LogP contribution in [0.4, 0.5) is 0 Å². The van der Waals surface area contributed by atoms with Gasteiger partial charge >= 0.3 is 0 Å². The molecule has 2 aliphatic rings. The van der Waals surface area contributed by atoms with Gasteiger partial charge in [0.2, 0.25) is 5.91 Å². The van der Waals surface area contributed by atoms with Crippen LogP contribution in [0.15, 0.2) is 0 Å². The molecule has 0 radical (unpaired) electrons. The molecule has 1 heterocycles. The summed E-state index contributed by atoms with van der Waals surface area (Å²) in [6, 6.07) is 0.00279. The van der Waals surface area contributed by atoms with E-state index in [4.69, 9.17) is 4.74 Å². The molecule has 0 aromatic rings. The van der Waals surface area contributed by atoms with E-state index in [2.05, 4.69) is 17.6 Å². The van der Waals surface area contributed by atoms with Gasteiger partial charge in [0.15, 0.2) is 0 Å². The van der Waals surface area contributed by atoms with Gasteiger partial charge < -0.3 is 15.4 Å². The number of amides is 1. The second-order valence-corrected chi connectivity index (χ2v) is 6.33. The van der Waals surface area contributed by atoms with E-state index < -0.39 is 0 Å². The lowest BCUT2D eigenvalue weighted by molar-refractivity contribution is -0.124. The minimum atomic E-state index is 0.00279. The van der Waals surface area contributed by atoms with Crippen LogP contribution in [0, 0.1) is 5.92 Å². The first-order valence-corrected chi connectivity index (χ1v) is 8.40. The maximum absolute atomic E-state index is 12.1. The number of hydrogen-bond donors (Lipinski definition) is 2. The third-order valence-corrected chi connectivity index (χ3v) is 4.58. The first-order chi connectivity index (χ1) is 9.77. The Balaban J connectivity index is 1.52. The number of ether oxygens (including phenoxy) is 1. The maximum atomic E-state index is 12.1. The lowest BCUT2D eigenvalue weighted by atomic mass is 9.92. The van der Waals surface area contributed by atoms with E-state index in [1.807, 2.05) is 0 Å². The van der Waals surface area contributed by atoms with Gasteiger partial charge in [-0.05, 0) is 44.6 Å². The Kier molecular flexibility index (Phi) is 6.80. The van der Waals surface area contributed by atoms with Gasteiger partial charge in [0, 0.05) is 13.2 Å². The summed E-state index contributed by atoms with van der Waals surface area (Å²) in [5.74, 6) is 0.608. The first kappa shape index (κ1) is 15.8. The molecule has 1 saturated heterocycles. The Morgan fingerprint density at radius 1 is 1.20 bits per heavy atom. The van der Waals surface area contributed by atoms with Crippen LogP contribution in [-0.4, -0.2) is 37.7 Å². The van der Waals surface area contributed by atoms with Gasteiger partial charge in [-0.2, -0.15) is 0 Å². The molecule has 20 heavy (non-hydrogen) atoms. The zero-order valence-electron chi connectivity index (χ0n) is 12.8. The van der Waals surface area contributed by atoms with E-state index in [1.54, 1.807) is 0 Å². The molecule has 1 amide bonds. The molecule has 0 aromatic heterocycles. The van der Waals surface area contributed by atoms with Crippen LogP contribution in [0.1, 0.15) is 58.3 Å². The second kappa shape index (κ2) is 8.63. The summed E-state index contributed by atoms with van der Waals surface area (Å²) in [6.07, 6.45) is 10.1. The molecule has 2 fully saturated rings. The highest BCUT2D eigenvalue weighted by atomic mass is 16.5. The molecule has 4 nitrogen and oxygen atoms in total. The average Bonchev–Trinajstić information content (AvgIpc) is 2.48. The van der Waals surface area contributed by atoms with Gasteiger partial charge in [-0.1, -0.05) is 26.2 Å². The quantitative estimate of drug-likeness (QED) is 0.735. The molecule has 2 rings (SSSR count). The molecule has 116 valence electrons. The van der Waals surface area contributed by atoms with Crippen LogP contribution in [0.25, 0.3) is 0 Å². The summed E-state index contributed by atoms with van der Waals surface area (Å²) in [5, 5.41) is 6.36. The zero-order valence-corrected chi connectivity index (χ0v) is 12.8. The number of rotatable bonds is 6. The van der Waals surface area contributed by atoms with Crippen LogP contribution in [-0.2, 0) is 9.53 Å². The van der Waals surface area contributed by atoms with Crippen molar-refractivity contribution in [3.8, 4) is 0 Å².